The van der Waals surface area contributed by atoms with Gasteiger partial charge in [0.1, 0.15) is 17.0 Å². The van der Waals surface area contributed by atoms with Gasteiger partial charge >= 0.3 is 0 Å². The summed E-state index contributed by atoms with van der Waals surface area (Å²) in [5.74, 6) is 2.79. The Labute approximate surface area is 262 Å². The summed E-state index contributed by atoms with van der Waals surface area (Å²) in [6.45, 7) is 0. The van der Waals surface area contributed by atoms with Crippen LogP contribution in [0, 0.1) is 11.8 Å². The minimum absolute atomic E-state index is 0.150. The Morgan fingerprint density at radius 3 is 2.71 bits per heavy atom. The van der Waals surface area contributed by atoms with Crippen molar-refractivity contribution in [2.24, 2.45) is 16.8 Å². The molecular formula is C41H35N3O. The average molecular weight is 586 g/mol. The number of fused-ring (bicyclic) bond motifs is 9. The Hall–Kier alpha value is -4.83. The maximum Gasteiger partial charge on any atom is 0.131 e. The number of hydrogen-bond acceptors (Lipinski definition) is 3. The third-order valence-corrected chi connectivity index (χ3v) is 10.9. The predicted molar refractivity (Wildman–Crippen MR) is 183 cm³/mol. The highest BCUT2D eigenvalue weighted by Crippen LogP contribution is 2.45. The minimum Gasteiger partial charge on any atom is -0.457 e. The zero-order valence-corrected chi connectivity index (χ0v) is 25.2. The van der Waals surface area contributed by atoms with Gasteiger partial charge in [0.25, 0.3) is 0 Å². The van der Waals surface area contributed by atoms with Crippen LogP contribution in [0.3, 0.4) is 0 Å². The molecule has 3 aromatic carbocycles. The summed E-state index contributed by atoms with van der Waals surface area (Å²) >= 11 is 0. The van der Waals surface area contributed by atoms with Crippen LogP contribution in [-0.2, 0) is 19.3 Å². The Balaban J connectivity index is 1.08. The van der Waals surface area contributed by atoms with E-state index >= 15 is 0 Å². The van der Waals surface area contributed by atoms with Crippen LogP contribution < -0.4 is 16.0 Å². The third-order valence-electron chi connectivity index (χ3n) is 10.9. The first-order valence-electron chi connectivity index (χ1n) is 16.6. The van der Waals surface area contributed by atoms with Crippen molar-refractivity contribution in [1.82, 2.24) is 9.88 Å². The summed E-state index contributed by atoms with van der Waals surface area (Å²) in [5.41, 5.74) is 11.6. The van der Waals surface area contributed by atoms with E-state index < -0.39 is 0 Å². The van der Waals surface area contributed by atoms with Crippen LogP contribution in [0.1, 0.15) is 64.6 Å². The molecule has 0 fully saturated rings. The summed E-state index contributed by atoms with van der Waals surface area (Å²) in [5, 5.41) is 6.72. The van der Waals surface area contributed by atoms with Crippen molar-refractivity contribution >= 4 is 41.0 Å². The topological polar surface area (TPSA) is 42.5 Å². The van der Waals surface area contributed by atoms with Crippen LogP contribution >= 0.6 is 0 Å². The fourth-order valence-corrected chi connectivity index (χ4v) is 8.82. The number of rotatable bonds is 3. The number of aliphatic imine (C=N–C) groups is 1. The lowest BCUT2D eigenvalue weighted by Gasteiger charge is -2.38. The molecule has 0 amide bonds. The summed E-state index contributed by atoms with van der Waals surface area (Å²) < 4.78 is 8.87. The van der Waals surface area contributed by atoms with Crippen molar-refractivity contribution in [3.63, 3.8) is 0 Å². The van der Waals surface area contributed by atoms with Crippen molar-refractivity contribution in [3.8, 4) is 5.69 Å². The molecule has 4 aliphatic carbocycles. The molecule has 0 saturated carbocycles. The number of para-hydroxylation sites is 1. The Morgan fingerprint density at radius 1 is 0.867 bits per heavy atom. The molecule has 0 saturated heterocycles. The fraction of sp³-hybridized carbons (Fsp3) is 0.244. The van der Waals surface area contributed by atoms with Crippen LogP contribution in [0.25, 0.3) is 40.9 Å². The van der Waals surface area contributed by atoms with Crippen LogP contribution in [0.4, 0.5) is 0 Å². The van der Waals surface area contributed by atoms with Crippen molar-refractivity contribution in [2.75, 3.05) is 0 Å². The van der Waals surface area contributed by atoms with Gasteiger partial charge in [-0.1, -0.05) is 72.8 Å². The zero-order valence-electron chi connectivity index (χ0n) is 25.2. The van der Waals surface area contributed by atoms with Crippen molar-refractivity contribution in [3.05, 3.63) is 135 Å². The molecule has 2 aromatic heterocycles. The van der Waals surface area contributed by atoms with Gasteiger partial charge in [0.05, 0.1) is 11.6 Å². The summed E-state index contributed by atoms with van der Waals surface area (Å²) in [6.07, 6.45) is 20.3. The molecular weight excluding hydrogens is 550 g/mol. The monoisotopic (exact) mass is 585 g/mol. The van der Waals surface area contributed by atoms with Crippen LogP contribution in [-0.4, -0.2) is 16.4 Å². The van der Waals surface area contributed by atoms with Gasteiger partial charge in [0, 0.05) is 51.0 Å². The van der Waals surface area contributed by atoms with E-state index in [2.05, 4.69) is 119 Å². The highest BCUT2D eigenvalue weighted by molar-refractivity contribution is 6.00. The summed E-state index contributed by atoms with van der Waals surface area (Å²) in [7, 11) is 0. The molecule has 5 aliphatic rings. The molecule has 0 spiro atoms. The molecule has 220 valence electrons. The molecule has 1 aliphatic heterocycles. The smallest absolute Gasteiger partial charge is 0.131 e. The van der Waals surface area contributed by atoms with Gasteiger partial charge in [-0.2, -0.15) is 0 Å². The lowest BCUT2D eigenvalue weighted by atomic mass is 9.79. The number of benzene rings is 3. The molecule has 1 N–H and O–H groups in total. The number of aryl methyl sites for hydroxylation is 1. The van der Waals surface area contributed by atoms with Crippen LogP contribution in [0.5, 0.6) is 0 Å². The molecule has 4 nitrogen and oxygen atoms in total. The fourth-order valence-electron chi connectivity index (χ4n) is 8.82. The van der Waals surface area contributed by atoms with Gasteiger partial charge in [0.2, 0.25) is 0 Å². The second-order valence-electron chi connectivity index (χ2n) is 13.3. The van der Waals surface area contributed by atoms with E-state index in [9.17, 15) is 0 Å². The van der Waals surface area contributed by atoms with E-state index in [1.165, 1.54) is 49.8 Å². The predicted octanol–water partition coefficient (Wildman–Crippen LogP) is 7.06. The second-order valence-corrected chi connectivity index (χ2v) is 13.3. The molecule has 5 aromatic rings. The quantitative estimate of drug-likeness (QED) is 0.247. The first-order chi connectivity index (χ1) is 22.3. The van der Waals surface area contributed by atoms with Crippen molar-refractivity contribution in [2.45, 2.75) is 50.6 Å². The normalized spacial score (nSPS) is 24.0. The SMILES string of the molecule is C1=Cc2oc3c(c2CC1)=CCC(C1NC(c2cccc(-n4c5c(c6ccccc64)CCC=C5)c2)=NC2c4ccccc4CC21)C=3. The van der Waals surface area contributed by atoms with E-state index in [-0.39, 0.29) is 12.1 Å². The maximum absolute atomic E-state index is 6.43. The van der Waals surface area contributed by atoms with Gasteiger partial charge in [-0.05, 0) is 91.6 Å². The van der Waals surface area contributed by atoms with Gasteiger partial charge in [0.15, 0.2) is 0 Å². The Bertz CT molecular complexity index is 2240. The Kier molecular flexibility index (Phi) is 5.57. The maximum atomic E-state index is 6.43. The number of hydrogen-bond donors (Lipinski definition) is 1. The third kappa shape index (κ3) is 3.88. The minimum atomic E-state index is 0.150. The standard InChI is InChI=1S/C41H35N3O/c1-2-13-29-25(10-1)23-34-39(26-20-21-33-32-16-5-8-19-37(32)45-38(33)24-26)42-41(43-40(29)34)27-11-9-12-28(22-27)44-35-17-6-3-14-30(35)31-15-4-7-18-36(31)44/h1-3,6-14,17-19,21-22,24,26,34,39-40H,4-5,15-16,20,23H2,(H,42,43). The number of nitrogens with zero attached hydrogens (tertiary/aromatic N) is 2. The molecule has 0 bridgehead atoms. The number of allylic oxidation sites excluding steroid dienone is 2. The lowest BCUT2D eigenvalue weighted by Crippen LogP contribution is -2.51. The van der Waals surface area contributed by atoms with Gasteiger partial charge < -0.3 is 14.3 Å². The molecule has 4 atom stereocenters. The number of nitrogens with one attached hydrogen (secondary N) is 1. The second kappa shape index (κ2) is 9.84. The molecule has 10 rings (SSSR count). The summed E-state index contributed by atoms with van der Waals surface area (Å²) in [6, 6.07) is 27.2. The number of amidine groups is 1. The first-order valence-corrected chi connectivity index (χ1v) is 16.6. The van der Waals surface area contributed by atoms with Gasteiger partial charge in [-0.3, -0.25) is 4.99 Å². The van der Waals surface area contributed by atoms with E-state index in [1.807, 2.05) is 0 Å². The molecule has 4 heteroatoms. The Morgan fingerprint density at radius 2 is 1.73 bits per heavy atom. The average Bonchev–Trinajstić information content (AvgIpc) is 3.77. The lowest BCUT2D eigenvalue weighted by molar-refractivity contribution is 0.289. The molecule has 45 heavy (non-hydrogen) atoms. The van der Waals surface area contributed by atoms with Gasteiger partial charge in [-0.25, -0.2) is 0 Å². The summed E-state index contributed by atoms with van der Waals surface area (Å²) in [4.78, 5) is 5.50. The van der Waals surface area contributed by atoms with E-state index in [0.29, 0.717) is 11.8 Å². The zero-order chi connectivity index (χ0) is 29.5. The number of furan rings is 1. The number of aromatic nitrogens is 1. The highest BCUT2D eigenvalue weighted by atomic mass is 16.3. The molecule has 4 unspecified atom stereocenters. The van der Waals surface area contributed by atoms with Crippen molar-refractivity contribution < 1.29 is 4.42 Å². The highest BCUT2D eigenvalue weighted by Gasteiger charge is 2.44. The van der Waals surface area contributed by atoms with E-state index in [4.69, 9.17) is 9.41 Å². The van der Waals surface area contributed by atoms with Crippen molar-refractivity contribution in [1.29, 1.82) is 0 Å². The van der Waals surface area contributed by atoms with Crippen LogP contribution in [0.2, 0.25) is 0 Å². The van der Waals surface area contributed by atoms with E-state index in [0.717, 1.165) is 61.1 Å². The first kappa shape index (κ1) is 25.5. The van der Waals surface area contributed by atoms with E-state index in [1.54, 1.807) is 0 Å². The van der Waals surface area contributed by atoms with Crippen LogP contribution in [0.15, 0.2) is 94.4 Å². The molecule has 0 radical (unpaired) electrons. The van der Waals surface area contributed by atoms with Gasteiger partial charge in [-0.15, -0.1) is 0 Å². The molecule has 3 heterocycles. The largest absolute Gasteiger partial charge is 0.457 e.